The third-order valence-corrected chi connectivity index (χ3v) is 3.88. The minimum Gasteiger partial charge on any atom is -0.391 e. The lowest BCUT2D eigenvalue weighted by atomic mass is 9.96. The molecule has 0 saturated heterocycles. The molecule has 2 aromatic rings. The van der Waals surface area contributed by atoms with Gasteiger partial charge in [0.2, 0.25) is 5.91 Å². The molecule has 1 amide bonds. The van der Waals surface area contributed by atoms with Gasteiger partial charge in [-0.25, -0.2) is 9.48 Å². The van der Waals surface area contributed by atoms with Crippen molar-refractivity contribution in [2.45, 2.75) is 39.3 Å². The van der Waals surface area contributed by atoms with Gasteiger partial charge < -0.3 is 10.4 Å². The van der Waals surface area contributed by atoms with Crippen molar-refractivity contribution in [3.63, 3.8) is 0 Å². The Labute approximate surface area is 128 Å². The highest BCUT2D eigenvalue weighted by Crippen LogP contribution is 2.12. The topological polar surface area (TPSA) is 88.6 Å². The maximum absolute atomic E-state index is 12.0. The van der Waals surface area contributed by atoms with Crippen molar-refractivity contribution in [2.24, 2.45) is 5.92 Å². The number of aliphatic hydroxyl groups excluding tert-OH is 1. The van der Waals surface area contributed by atoms with Crippen LogP contribution < -0.4 is 11.0 Å². The van der Waals surface area contributed by atoms with E-state index in [-0.39, 0.29) is 30.6 Å². The number of carbonyl (C=O) groups is 1. The van der Waals surface area contributed by atoms with Crippen LogP contribution in [0.5, 0.6) is 0 Å². The minimum atomic E-state index is -0.572. The zero-order valence-corrected chi connectivity index (χ0v) is 12.9. The molecule has 2 heterocycles. The van der Waals surface area contributed by atoms with Crippen LogP contribution in [0.25, 0.3) is 5.65 Å². The first-order valence-electron chi connectivity index (χ1n) is 7.55. The Bertz CT molecular complexity index is 687. The van der Waals surface area contributed by atoms with Gasteiger partial charge in [-0.2, -0.15) is 0 Å². The largest absolute Gasteiger partial charge is 0.391 e. The molecule has 0 aliphatic heterocycles. The Morgan fingerprint density at radius 1 is 1.36 bits per heavy atom. The van der Waals surface area contributed by atoms with Crippen LogP contribution in [-0.2, 0) is 11.3 Å². The van der Waals surface area contributed by atoms with Crippen molar-refractivity contribution in [1.82, 2.24) is 19.5 Å². The van der Waals surface area contributed by atoms with Crippen LogP contribution >= 0.6 is 0 Å². The summed E-state index contributed by atoms with van der Waals surface area (Å²) in [6.07, 6.45) is 2.76. The van der Waals surface area contributed by atoms with E-state index in [9.17, 15) is 14.7 Å². The van der Waals surface area contributed by atoms with Gasteiger partial charge in [0.1, 0.15) is 6.54 Å². The Morgan fingerprint density at radius 2 is 2.09 bits per heavy atom. The summed E-state index contributed by atoms with van der Waals surface area (Å²) in [6.45, 7) is 4.05. The zero-order chi connectivity index (χ0) is 16.1. The predicted octanol–water partition coefficient (Wildman–Crippen LogP) is 0.409. The lowest BCUT2D eigenvalue weighted by Crippen LogP contribution is -2.39. The van der Waals surface area contributed by atoms with Crippen molar-refractivity contribution in [1.29, 1.82) is 0 Å². The fourth-order valence-electron chi connectivity index (χ4n) is 2.48. The molecular weight excluding hydrogens is 284 g/mol. The highest BCUT2D eigenvalue weighted by molar-refractivity contribution is 5.75. The van der Waals surface area contributed by atoms with Crippen molar-refractivity contribution in [3.8, 4) is 0 Å². The van der Waals surface area contributed by atoms with Gasteiger partial charge in [-0.05, 0) is 18.1 Å². The molecular formula is C15H22N4O3. The lowest BCUT2D eigenvalue weighted by molar-refractivity contribution is -0.122. The van der Waals surface area contributed by atoms with E-state index in [1.807, 2.05) is 13.8 Å². The van der Waals surface area contributed by atoms with Crippen LogP contribution in [0, 0.1) is 5.92 Å². The highest BCUT2D eigenvalue weighted by Gasteiger charge is 2.17. The number of carbonyl (C=O) groups excluding carboxylic acids is 1. The van der Waals surface area contributed by atoms with E-state index in [0.29, 0.717) is 5.65 Å². The Hall–Kier alpha value is -2.15. The molecule has 0 saturated carbocycles. The van der Waals surface area contributed by atoms with E-state index >= 15 is 0 Å². The van der Waals surface area contributed by atoms with Crippen LogP contribution in [-0.4, -0.2) is 37.8 Å². The van der Waals surface area contributed by atoms with E-state index < -0.39 is 6.10 Å². The summed E-state index contributed by atoms with van der Waals surface area (Å²) in [5.41, 5.74) is 0.142. The van der Waals surface area contributed by atoms with E-state index in [4.69, 9.17) is 0 Å². The quantitative estimate of drug-likeness (QED) is 0.775. The highest BCUT2D eigenvalue weighted by atomic mass is 16.3. The molecule has 0 radical (unpaired) electrons. The van der Waals surface area contributed by atoms with E-state index in [2.05, 4.69) is 10.4 Å². The Balaban J connectivity index is 1.97. The molecule has 0 fully saturated rings. The molecule has 1 atom stereocenters. The van der Waals surface area contributed by atoms with Gasteiger partial charge >= 0.3 is 5.69 Å². The monoisotopic (exact) mass is 306 g/mol. The summed E-state index contributed by atoms with van der Waals surface area (Å²) in [5.74, 6) is -0.172. The van der Waals surface area contributed by atoms with Gasteiger partial charge in [-0.3, -0.25) is 9.20 Å². The third-order valence-electron chi connectivity index (χ3n) is 3.88. The van der Waals surface area contributed by atoms with Crippen molar-refractivity contribution in [2.75, 3.05) is 6.54 Å². The standard InChI is InChI=1S/C15H22N4O3/c1-3-11(4-2)12(20)9-16-14(21)10-19-15(22)18-8-6-5-7-13(18)17-19/h5-8,11-12,20H,3-4,9-10H2,1-2H3,(H,16,21). The number of hydrogen-bond acceptors (Lipinski definition) is 4. The fraction of sp³-hybridized carbons (Fsp3) is 0.533. The van der Waals surface area contributed by atoms with E-state index in [1.165, 1.54) is 4.40 Å². The number of pyridine rings is 1. The number of hydrogen-bond donors (Lipinski definition) is 2. The molecule has 120 valence electrons. The van der Waals surface area contributed by atoms with Gasteiger partial charge in [0.25, 0.3) is 0 Å². The molecule has 2 N–H and O–H groups in total. The van der Waals surface area contributed by atoms with E-state index in [0.717, 1.165) is 17.5 Å². The second-order valence-electron chi connectivity index (χ2n) is 5.32. The molecule has 0 spiro atoms. The summed E-state index contributed by atoms with van der Waals surface area (Å²) in [6, 6.07) is 5.21. The Kier molecular flexibility index (Phi) is 5.32. The van der Waals surface area contributed by atoms with Crippen LogP contribution in [0.15, 0.2) is 29.2 Å². The lowest BCUT2D eigenvalue weighted by Gasteiger charge is -2.20. The van der Waals surface area contributed by atoms with Gasteiger partial charge in [0.15, 0.2) is 5.65 Å². The fourth-order valence-corrected chi connectivity index (χ4v) is 2.48. The average Bonchev–Trinajstić information content (AvgIpc) is 2.83. The summed E-state index contributed by atoms with van der Waals surface area (Å²) < 4.78 is 2.50. The normalized spacial score (nSPS) is 12.7. The van der Waals surface area contributed by atoms with Crippen LogP contribution in [0.2, 0.25) is 0 Å². The molecule has 1 unspecified atom stereocenters. The Morgan fingerprint density at radius 3 is 2.73 bits per heavy atom. The van der Waals surface area contributed by atoms with Crippen LogP contribution in [0.3, 0.4) is 0 Å². The SMILES string of the molecule is CCC(CC)C(O)CNC(=O)Cn1nc2ccccn2c1=O. The maximum Gasteiger partial charge on any atom is 0.350 e. The molecule has 22 heavy (non-hydrogen) atoms. The van der Waals surface area contributed by atoms with Gasteiger partial charge in [0, 0.05) is 12.7 Å². The van der Waals surface area contributed by atoms with Crippen LogP contribution in [0.4, 0.5) is 0 Å². The number of nitrogens with one attached hydrogen (secondary N) is 1. The first kappa shape index (κ1) is 16.2. The van der Waals surface area contributed by atoms with Crippen molar-refractivity contribution >= 4 is 11.6 Å². The molecule has 0 bridgehead atoms. The molecule has 7 heteroatoms. The summed E-state index contributed by atoms with van der Waals surface area (Å²) >= 11 is 0. The first-order valence-corrected chi connectivity index (χ1v) is 7.55. The molecule has 0 aliphatic carbocycles. The minimum absolute atomic E-state index is 0.157. The number of aromatic nitrogens is 3. The van der Waals surface area contributed by atoms with Crippen LogP contribution in [0.1, 0.15) is 26.7 Å². The second-order valence-corrected chi connectivity index (χ2v) is 5.32. The number of aliphatic hydroxyl groups is 1. The molecule has 2 rings (SSSR count). The second kappa shape index (κ2) is 7.22. The third kappa shape index (κ3) is 3.54. The van der Waals surface area contributed by atoms with Gasteiger partial charge in [-0.15, -0.1) is 5.10 Å². The van der Waals surface area contributed by atoms with Gasteiger partial charge in [-0.1, -0.05) is 32.8 Å². The van der Waals surface area contributed by atoms with Gasteiger partial charge in [0.05, 0.1) is 6.10 Å². The zero-order valence-electron chi connectivity index (χ0n) is 12.9. The van der Waals surface area contributed by atoms with Crippen molar-refractivity contribution < 1.29 is 9.90 Å². The molecule has 0 aromatic carbocycles. The average molecular weight is 306 g/mol. The number of amides is 1. The number of fused-ring (bicyclic) bond motifs is 1. The van der Waals surface area contributed by atoms with Crippen molar-refractivity contribution in [3.05, 3.63) is 34.9 Å². The summed E-state index contributed by atoms with van der Waals surface area (Å²) in [7, 11) is 0. The molecule has 0 aliphatic rings. The first-order chi connectivity index (χ1) is 10.6. The van der Waals surface area contributed by atoms with E-state index in [1.54, 1.807) is 24.4 Å². The number of nitrogens with zero attached hydrogens (tertiary/aromatic N) is 3. The summed E-state index contributed by atoms with van der Waals surface area (Å²) in [5, 5.41) is 16.7. The molecule has 2 aromatic heterocycles. The molecule has 7 nitrogen and oxygen atoms in total. The summed E-state index contributed by atoms with van der Waals surface area (Å²) in [4.78, 5) is 24.0. The predicted molar refractivity (Wildman–Crippen MR) is 82.5 cm³/mol. The number of rotatable bonds is 7. The maximum atomic E-state index is 12.0. The smallest absolute Gasteiger partial charge is 0.350 e.